The molecule has 0 aliphatic heterocycles. The van der Waals surface area contributed by atoms with Crippen molar-refractivity contribution < 1.29 is 27.4 Å². The summed E-state index contributed by atoms with van der Waals surface area (Å²) in [6.07, 6.45) is -5.65. The predicted octanol–water partition coefficient (Wildman–Crippen LogP) is 3.15. The Morgan fingerprint density at radius 2 is 1.95 bits per heavy atom. The lowest BCUT2D eigenvalue weighted by Gasteiger charge is -2.20. The Kier molecular flexibility index (Phi) is 6.22. The average molecular weight is 319 g/mol. The van der Waals surface area contributed by atoms with Crippen LogP contribution in [0.3, 0.4) is 0 Å². The maximum atomic E-state index is 12.1. The number of ether oxygens (including phenoxy) is 2. The molecule has 1 aromatic carbocycles. The van der Waals surface area contributed by atoms with Crippen molar-refractivity contribution >= 4 is 5.91 Å². The zero-order valence-electron chi connectivity index (χ0n) is 13.0. The first-order chi connectivity index (χ1) is 10.1. The molecule has 7 heteroatoms. The van der Waals surface area contributed by atoms with Gasteiger partial charge in [-0.25, -0.2) is 0 Å². The number of nitrogens with one attached hydrogen (secondary N) is 1. The second-order valence-electron chi connectivity index (χ2n) is 5.04. The smallest absolute Gasteiger partial charge is 0.411 e. The van der Waals surface area contributed by atoms with Gasteiger partial charge in [0.05, 0.1) is 13.2 Å². The van der Waals surface area contributed by atoms with Crippen LogP contribution in [0, 0.1) is 6.92 Å². The van der Waals surface area contributed by atoms with Gasteiger partial charge in [0, 0.05) is 5.56 Å². The van der Waals surface area contributed by atoms with Crippen molar-refractivity contribution in [3.05, 3.63) is 29.3 Å². The summed E-state index contributed by atoms with van der Waals surface area (Å²) in [6.45, 7) is 3.45. The lowest BCUT2D eigenvalue weighted by Crippen LogP contribution is -2.37. The molecule has 0 unspecified atom stereocenters. The fourth-order valence-electron chi connectivity index (χ4n) is 1.90. The molecule has 0 aliphatic carbocycles. The van der Waals surface area contributed by atoms with Gasteiger partial charge in [-0.3, -0.25) is 4.79 Å². The molecule has 1 rings (SSSR count). The molecule has 1 N–H and O–H groups in total. The van der Waals surface area contributed by atoms with Gasteiger partial charge in [-0.1, -0.05) is 17.7 Å². The normalized spacial score (nSPS) is 14.3. The highest BCUT2D eigenvalue weighted by Crippen LogP contribution is 2.26. The molecule has 0 saturated carbocycles. The lowest BCUT2D eigenvalue weighted by atomic mass is 10.0. The molecule has 1 amide bonds. The summed E-state index contributed by atoms with van der Waals surface area (Å²) in [5, 5.41) is 2.62. The van der Waals surface area contributed by atoms with Gasteiger partial charge in [-0.05, 0) is 26.8 Å². The number of hydrogen-bond donors (Lipinski definition) is 1. The number of hydrogen-bond acceptors (Lipinski definition) is 3. The Hall–Kier alpha value is -1.76. The van der Waals surface area contributed by atoms with Gasteiger partial charge >= 0.3 is 6.18 Å². The van der Waals surface area contributed by atoms with Crippen LogP contribution in [0.5, 0.6) is 5.75 Å². The summed E-state index contributed by atoms with van der Waals surface area (Å²) in [6, 6.07) is 5.08. The largest absolute Gasteiger partial charge is 0.496 e. The number of alkyl halides is 3. The number of amides is 1. The van der Waals surface area contributed by atoms with Gasteiger partial charge in [0.15, 0.2) is 0 Å². The lowest BCUT2D eigenvalue weighted by molar-refractivity contribution is -0.185. The molecule has 0 aromatic heterocycles. The number of carbonyl (C=O) groups excluding carboxylic acids is 1. The zero-order valence-corrected chi connectivity index (χ0v) is 13.0. The van der Waals surface area contributed by atoms with E-state index >= 15 is 0 Å². The van der Waals surface area contributed by atoms with Gasteiger partial charge in [0.2, 0.25) is 5.91 Å². The van der Waals surface area contributed by atoms with Gasteiger partial charge in [0.25, 0.3) is 0 Å². The van der Waals surface area contributed by atoms with Gasteiger partial charge in [0.1, 0.15) is 18.5 Å². The third kappa shape index (κ3) is 5.55. The Morgan fingerprint density at radius 3 is 2.50 bits per heavy atom. The van der Waals surface area contributed by atoms with E-state index in [0.717, 1.165) is 11.1 Å². The minimum absolute atomic E-state index is 0.417. The first-order valence-corrected chi connectivity index (χ1v) is 6.77. The van der Waals surface area contributed by atoms with Crippen LogP contribution in [0.15, 0.2) is 18.2 Å². The molecule has 124 valence electrons. The van der Waals surface area contributed by atoms with Crippen LogP contribution in [-0.2, 0) is 9.53 Å². The van der Waals surface area contributed by atoms with Crippen molar-refractivity contribution in [2.24, 2.45) is 0 Å². The van der Waals surface area contributed by atoms with Crippen molar-refractivity contribution in [3.8, 4) is 5.75 Å². The summed E-state index contributed by atoms with van der Waals surface area (Å²) >= 11 is 0. The van der Waals surface area contributed by atoms with E-state index < -0.39 is 30.8 Å². The zero-order chi connectivity index (χ0) is 16.9. The van der Waals surface area contributed by atoms with Crippen molar-refractivity contribution in [1.82, 2.24) is 5.32 Å². The Labute approximate surface area is 127 Å². The molecule has 2 atom stereocenters. The molecule has 0 heterocycles. The van der Waals surface area contributed by atoms with Crippen LogP contribution in [0.2, 0.25) is 0 Å². The summed E-state index contributed by atoms with van der Waals surface area (Å²) in [5.74, 6) is -0.0115. The van der Waals surface area contributed by atoms with Crippen molar-refractivity contribution in [1.29, 1.82) is 0 Å². The fraction of sp³-hybridized carbons (Fsp3) is 0.533. The van der Waals surface area contributed by atoms with Crippen molar-refractivity contribution in [3.63, 3.8) is 0 Å². The Bertz CT molecular complexity index is 517. The van der Waals surface area contributed by atoms with Crippen LogP contribution < -0.4 is 10.1 Å². The van der Waals surface area contributed by atoms with Gasteiger partial charge in [-0.15, -0.1) is 0 Å². The molecular weight excluding hydrogens is 299 g/mol. The predicted molar refractivity (Wildman–Crippen MR) is 75.8 cm³/mol. The van der Waals surface area contributed by atoms with Crippen LogP contribution >= 0.6 is 0 Å². The Morgan fingerprint density at radius 1 is 1.32 bits per heavy atom. The molecule has 1 aromatic rings. The highest BCUT2D eigenvalue weighted by atomic mass is 19.4. The van der Waals surface area contributed by atoms with E-state index in [1.807, 2.05) is 19.1 Å². The number of methoxy groups -OCH3 is 1. The number of halogens is 3. The molecule has 0 aliphatic rings. The quantitative estimate of drug-likeness (QED) is 0.876. The standard InChI is InChI=1S/C15H20F3NO3/c1-9-5-6-13(21-4)12(7-9)10(2)19-14(20)11(3)22-8-15(16,17)18/h5-7,10-11H,8H2,1-4H3,(H,19,20)/t10-,11-/m0/s1. The third-order valence-corrected chi connectivity index (χ3v) is 3.08. The van der Waals surface area contributed by atoms with E-state index in [-0.39, 0.29) is 0 Å². The first-order valence-electron chi connectivity index (χ1n) is 6.77. The van der Waals surface area contributed by atoms with Crippen molar-refractivity contribution in [2.75, 3.05) is 13.7 Å². The number of aryl methyl sites for hydroxylation is 1. The fourth-order valence-corrected chi connectivity index (χ4v) is 1.90. The maximum Gasteiger partial charge on any atom is 0.411 e. The molecule has 0 saturated heterocycles. The molecule has 0 spiro atoms. The number of benzene rings is 1. The third-order valence-electron chi connectivity index (χ3n) is 3.08. The monoisotopic (exact) mass is 319 g/mol. The maximum absolute atomic E-state index is 12.1. The van der Waals surface area contributed by atoms with E-state index in [0.29, 0.717) is 5.75 Å². The van der Waals surface area contributed by atoms with Crippen LogP contribution in [0.1, 0.15) is 31.0 Å². The minimum atomic E-state index is -4.46. The highest BCUT2D eigenvalue weighted by molar-refractivity contribution is 5.80. The summed E-state index contributed by atoms with van der Waals surface area (Å²) in [5.41, 5.74) is 1.73. The Balaban J connectivity index is 2.69. The van der Waals surface area contributed by atoms with E-state index in [2.05, 4.69) is 10.1 Å². The minimum Gasteiger partial charge on any atom is -0.496 e. The van der Waals surface area contributed by atoms with Gasteiger partial charge in [-0.2, -0.15) is 13.2 Å². The van der Waals surface area contributed by atoms with E-state index in [9.17, 15) is 18.0 Å². The summed E-state index contributed by atoms with van der Waals surface area (Å²) in [7, 11) is 1.51. The second kappa shape index (κ2) is 7.49. The molecule has 0 fully saturated rings. The average Bonchev–Trinajstić information content (AvgIpc) is 2.43. The summed E-state index contributed by atoms with van der Waals surface area (Å²) in [4.78, 5) is 11.9. The second-order valence-corrected chi connectivity index (χ2v) is 5.04. The van der Waals surface area contributed by atoms with Crippen LogP contribution in [-0.4, -0.2) is 31.9 Å². The van der Waals surface area contributed by atoms with Crippen molar-refractivity contribution in [2.45, 2.75) is 39.1 Å². The van der Waals surface area contributed by atoms with E-state index in [1.54, 1.807) is 13.0 Å². The van der Waals surface area contributed by atoms with E-state index in [1.165, 1.54) is 14.0 Å². The number of carbonyl (C=O) groups is 1. The molecule has 0 radical (unpaired) electrons. The molecule has 0 bridgehead atoms. The van der Waals surface area contributed by atoms with Crippen LogP contribution in [0.4, 0.5) is 13.2 Å². The molecular formula is C15H20F3NO3. The van der Waals surface area contributed by atoms with Crippen LogP contribution in [0.25, 0.3) is 0 Å². The molecule has 4 nitrogen and oxygen atoms in total. The SMILES string of the molecule is COc1ccc(C)cc1[C@H](C)NC(=O)[C@H](C)OCC(F)(F)F. The topological polar surface area (TPSA) is 47.6 Å². The van der Waals surface area contributed by atoms with E-state index in [4.69, 9.17) is 4.74 Å². The molecule has 22 heavy (non-hydrogen) atoms. The number of rotatable bonds is 6. The summed E-state index contributed by atoms with van der Waals surface area (Å²) < 4.78 is 46.0. The highest BCUT2D eigenvalue weighted by Gasteiger charge is 2.30. The first kappa shape index (κ1) is 18.3. The van der Waals surface area contributed by atoms with Gasteiger partial charge < -0.3 is 14.8 Å².